The van der Waals surface area contributed by atoms with E-state index in [1.807, 2.05) is 24.4 Å². The Hall–Kier alpha value is -2.15. The molecule has 3 aromatic heterocycles. The molecule has 5 nitrogen and oxygen atoms in total. The number of hydrogen-bond acceptors (Lipinski definition) is 5. The van der Waals surface area contributed by atoms with Crippen LogP contribution in [0.5, 0.6) is 5.75 Å². The molecule has 0 atom stereocenters. The highest BCUT2D eigenvalue weighted by molar-refractivity contribution is 7.15. The van der Waals surface area contributed by atoms with E-state index < -0.39 is 0 Å². The molecule has 0 fully saturated rings. The van der Waals surface area contributed by atoms with Crippen LogP contribution in [0.2, 0.25) is 10.0 Å². The van der Waals surface area contributed by atoms with Gasteiger partial charge in [0.05, 0.1) is 15.7 Å². The lowest BCUT2D eigenvalue weighted by atomic mass is 10.2. The van der Waals surface area contributed by atoms with Gasteiger partial charge in [0, 0.05) is 28.7 Å². The maximum atomic E-state index is 12.1. The molecule has 4 rings (SSSR count). The standard InChI is InChI=1S/C17H11Cl2N3O2S/c1-9-2-3-11-12(18)7-13(19)16(15(11)20-9)24-8-10-6-14(23)22-4-5-25-17(22)21-10/h2-7H,8H2,1H3. The van der Waals surface area contributed by atoms with E-state index in [1.54, 1.807) is 12.3 Å². The predicted octanol–water partition coefficient (Wildman–Crippen LogP) is 4.50. The Balaban J connectivity index is 1.75. The number of hydrogen-bond donors (Lipinski definition) is 0. The summed E-state index contributed by atoms with van der Waals surface area (Å²) in [7, 11) is 0. The molecule has 0 unspecified atom stereocenters. The molecule has 8 heteroatoms. The first kappa shape index (κ1) is 16.3. The lowest BCUT2D eigenvalue weighted by Gasteiger charge is -2.12. The van der Waals surface area contributed by atoms with Crippen molar-refractivity contribution in [2.24, 2.45) is 0 Å². The van der Waals surface area contributed by atoms with Gasteiger partial charge >= 0.3 is 0 Å². The van der Waals surface area contributed by atoms with E-state index >= 15 is 0 Å². The first-order chi connectivity index (χ1) is 12.0. The van der Waals surface area contributed by atoms with Crippen molar-refractivity contribution in [1.29, 1.82) is 0 Å². The minimum Gasteiger partial charge on any atom is -0.483 e. The SMILES string of the molecule is Cc1ccc2c(Cl)cc(Cl)c(OCc3cc(=O)n4ccsc4n3)c2n1. The third-order valence-corrected chi connectivity index (χ3v) is 5.05. The number of aromatic nitrogens is 3. The summed E-state index contributed by atoms with van der Waals surface area (Å²) < 4.78 is 7.36. The average Bonchev–Trinajstić information content (AvgIpc) is 3.03. The van der Waals surface area contributed by atoms with Gasteiger partial charge in [-0.2, -0.15) is 0 Å². The molecule has 126 valence electrons. The minimum atomic E-state index is -0.147. The zero-order valence-corrected chi connectivity index (χ0v) is 15.3. The van der Waals surface area contributed by atoms with E-state index in [2.05, 4.69) is 9.97 Å². The van der Waals surface area contributed by atoms with Crippen LogP contribution >= 0.6 is 34.5 Å². The summed E-state index contributed by atoms with van der Waals surface area (Å²) in [6.45, 7) is 1.99. The maximum Gasteiger partial charge on any atom is 0.258 e. The smallest absolute Gasteiger partial charge is 0.258 e. The van der Waals surface area contributed by atoms with Gasteiger partial charge in [0.2, 0.25) is 0 Å². The van der Waals surface area contributed by atoms with E-state index in [9.17, 15) is 4.79 Å². The Morgan fingerprint density at radius 1 is 1.20 bits per heavy atom. The lowest BCUT2D eigenvalue weighted by molar-refractivity contribution is 0.304. The lowest BCUT2D eigenvalue weighted by Crippen LogP contribution is -2.14. The average molecular weight is 392 g/mol. The fourth-order valence-corrected chi connectivity index (χ4v) is 3.84. The number of benzene rings is 1. The Morgan fingerprint density at radius 3 is 2.88 bits per heavy atom. The molecule has 0 aliphatic rings. The third kappa shape index (κ3) is 2.97. The number of nitrogens with zero attached hydrogens (tertiary/aromatic N) is 3. The van der Waals surface area contributed by atoms with Gasteiger partial charge in [0.1, 0.15) is 12.1 Å². The summed E-state index contributed by atoms with van der Waals surface area (Å²) in [5.41, 5.74) is 1.80. The van der Waals surface area contributed by atoms with Crippen LogP contribution in [-0.4, -0.2) is 14.4 Å². The summed E-state index contributed by atoms with van der Waals surface area (Å²) in [6.07, 6.45) is 1.69. The van der Waals surface area contributed by atoms with Crippen molar-refractivity contribution >= 4 is 50.4 Å². The monoisotopic (exact) mass is 391 g/mol. The summed E-state index contributed by atoms with van der Waals surface area (Å²) in [5.74, 6) is 0.429. The van der Waals surface area contributed by atoms with Crippen molar-refractivity contribution in [2.45, 2.75) is 13.5 Å². The first-order valence-corrected chi connectivity index (χ1v) is 9.00. The number of ether oxygens (including phenoxy) is 1. The Kier molecular flexibility index (Phi) is 4.11. The van der Waals surface area contributed by atoms with Gasteiger partial charge in [-0.15, -0.1) is 11.3 Å². The number of rotatable bonds is 3. The highest BCUT2D eigenvalue weighted by Gasteiger charge is 2.14. The Bertz CT molecular complexity index is 1170. The number of thiazole rings is 1. The molecular weight excluding hydrogens is 381 g/mol. The van der Waals surface area contributed by atoms with E-state index in [0.717, 1.165) is 11.1 Å². The number of halogens is 2. The number of aryl methyl sites for hydroxylation is 1. The van der Waals surface area contributed by atoms with Gasteiger partial charge in [-0.1, -0.05) is 23.2 Å². The molecule has 0 aliphatic carbocycles. The first-order valence-electron chi connectivity index (χ1n) is 7.37. The molecule has 3 heterocycles. The van der Waals surface area contributed by atoms with E-state index in [0.29, 0.717) is 32.0 Å². The van der Waals surface area contributed by atoms with Gasteiger partial charge in [-0.3, -0.25) is 9.20 Å². The largest absolute Gasteiger partial charge is 0.483 e. The molecule has 0 N–H and O–H groups in total. The van der Waals surface area contributed by atoms with Gasteiger partial charge in [0.15, 0.2) is 10.7 Å². The van der Waals surface area contributed by atoms with Gasteiger partial charge in [-0.05, 0) is 25.1 Å². The molecule has 0 bridgehead atoms. The fourth-order valence-electron chi connectivity index (χ4n) is 2.54. The second kappa shape index (κ2) is 6.29. The van der Waals surface area contributed by atoms with Crippen LogP contribution in [0, 0.1) is 6.92 Å². The van der Waals surface area contributed by atoms with Gasteiger partial charge in [0.25, 0.3) is 5.56 Å². The molecule has 4 aromatic rings. The zero-order chi connectivity index (χ0) is 17.6. The van der Waals surface area contributed by atoms with Crippen molar-refractivity contribution in [3.63, 3.8) is 0 Å². The van der Waals surface area contributed by atoms with Crippen LogP contribution in [-0.2, 0) is 6.61 Å². The molecule has 0 saturated carbocycles. The molecule has 0 radical (unpaired) electrons. The molecule has 0 spiro atoms. The van der Waals surface area contributed by atoms with Crippen LogP contribution in [0.15, 0.2) is 40.6 Å². The van der Waals surface area contributed by atoms with Crippen molar-refractivity contribution in [1.82, 2.24) is 14.4 Å². The Labute approximate surface area is 156 Å². The summed E-state index contributed by atoms with van der Waals surface area (Å²) >= 11 is 13.9. The molecule has 0 aliphatic heterocycles. The normalized spacial score (nSPS) is 11.3. The number of fused-ring (bicyclic) bond motifs is 2. The second-order valence-corrected chi connectivity index (χ2v) is 7.14. The van der Waals surface area contributed by atoms with Crippen LogP contribution in [0.3, 0.4) is 0 Å². The molecule has 1 aromatic carbocycles. The van der Waals surface area contributed by atoms with E-state index in [1.165, 1.54) is 21.8 Å². The van der Waals surface area contributed by atoms with Crippen LogP contribution in [0.25, 0.3) is 15.9 Å². The summed E-state index contributed by atoms with van der Waals surface area (Å²) in [4.78, 5) is 21.6. The summed E-state index contributed by atoms with van der Waals surface area (Å²) in [5, 5.41) is 3.44. The van der Waals surface area contributed by atoms with Crippen molar-refractivity contribution in [3.05, 3.63) is 67.6 Å². The second-order valence-electron chi connectivity index (χ2n) is 5.45. The molecule has 0 amide bonds. The van der Waals surface area contributed by atoms with Crippen molar-refractivity contribution in [3.8, 4) is 5.75 Å². The summed E-state index contributed by atoms with van der Waals surface area (Å²) in [6, 6.07) is 6.83. The predicted molar refractivity (Wildman–Crippen MR) is 100 cm³/mol. The molecule has 25 heavy (non-hydrogen) atoms. The van der Waals surface area contributed by atoms with E-state index in [-0.39, 0.29) is 12.2 Å². The van der Waals surface area contributed by atoms with Crippen LogP contribution in [0.1, 0.15) is 11.4 Å². The number of pyridine rings is 1. The topological polar surface area (TPSA) is 56.5 Å². The van der Waals surface area contributed by atoms with Crippen molar-refractivity contribution < 1.29 is 4.74 Å². The molecule has 0 saturated heterocycles. The minimum absolute atomic E-state index is 0.107. The quantitative estimate of drug-likeness (QED) is 0.515. The van der Waals surface area contributed by atoms with Crippen LogP contribution in [0.4, 0.5) is 0 Å². The maximum absolute atomic E-state index is 12.1. The highest BCUT2D eigenvalue weighted by Crippen LogP contribution is 2.37. The van der Waals surface area contributed by atoms with Gasteiger partial charge < -0.3 is 4.74 Å². The fraction of sp³-hybridized carbons (Fsp3) is 0.118. The highest BCUT2D eigenvalue weighted by atomic mass is 35.5. The third-order valence-electron chi connectivity index (χ3n) is 3.70. The Morgan fingerprint density at radius 2 is 2.04 bits per heavy atom. The van der Waals surface area contributed by atoms with Gasteiger partial charge in [-0.25, -0.2) is 9.97 Å². The zero-order valence-electron chi connectivity index (χ0n) is 13.0. The molecular formula is C17H11Cl2N3O2S. The van der Waals surface area contributed by atoms with E-state index in [4.69, 9.17) is 27.9 Å². The van der Waals surface area contributed by atoms with Crippen molar-refractivity contribution in [2.75, 3.05) is 0 Å². The van der Waals surface area contributed by atoms with Crippen LogP contribution < -0.4 is 10.3 Å².